The van der Waals surface area contributed by atoms with Crippen LogP contribution in [0.2, 0.25) is 0 Å². The molecule has 0 bridgehead atoms. The number of nitrogens with zero attached hydrogens (tertiary/aromatic N) is 2. The number of carbonyl (C=O) groups is 3. The molecule has 3 aliphatic heterocycles. The zero-order valence-corrected chi connectivity index (χ0v) is 14.7. The number of fused-ring (bicyclic) bond motifs is 1. The van der Waals surface area contributed by atoms with E-state index < -0.39 is 18.0 Å². The molecule has 3 heterocycles. The van der Waals surface area contributed by atoms with E-state index in [1.54, 1.807) is 11.8 Å². The van der Waals surface area contributed by atoms with Gasteiger partial charge in [0.25, 0.3) is 0 Å². The fraction of sp³-hybridized carbons (Fsp3) is 0.643. The SMILES string of the molecule is CC(O)C1C(=O)N2C(C(=O)O)=C(SC3CCN(C(=O)CN)C3)S[C@H]12. The highest BCUT2D eigenvalue weighted by Crippen LogP contribution is 2.55. The monoisotopic (exact) mass is 373 g/mol. The van der Waals surface area contributed by atoms with Crippen LogP contribution in [0.25, 0.3) is 0 Å². The average Bonchev–Trinajstić information content (AvgIpc) is 3.09. The molecule has 0 spiro atoms. The second kappa shape index (κ2) is 6.58. The Morgan fingerprint density at radius 1 is 1.50 bits per heavy atom. The Kier molecular flexibility index (Phi) is 4.82. The summed E-state index contributed by atoms with van der Waals surface area (Å²) in [6.45, 7) is 2.64. The lowest BCUT2D eigenvalue weighted by Crippen LogP contribution is -2.60. The number of carbonyl (C=O) groups excluding carboxylic acids is 2. The minimum Gasteiger partial charge on any atom is -0.477 e. The minimum atomic E-state index is -1.14. The van der Waals surface area contributed by atoms with E-state index in [4.69, 9.17) is 5.73 Å². The number of nitrogens with two attached hydrogens (primary N) is 1. The fourth-order valence-corrected chi connectivity index (χ4v) is 6.49. The Morgan fingerprint density at radius 3 is 2.79 bits per heavy atom. The van der Waals surface area contributed by atoms with Crippen molar-refractivity contribution in [3.63, 3.8) is 0 Å². The zero-order valence-electron chi connectivity index (χ0n) is 13.0. The summed E-state index contributed by atoms with van der Waals surface area (Å²) in [5.41, 5.74) is 5.37. The second-order valence-corrected chi connectivity index (χ2v) is 8.69. The van der Waals surface area contributed by atoms with Crippen LogP contribution >= 0.6 is 23.5 Å². The summed E-state index contributed by atoms with van der Waals surface area (Å²) in [5.74, 6) is -2.17. The van der Waals surface area contributed by atoms with Crippen LogP contribution < -0.4 is 5.73 Å². The highest BCUT2D eigenvalue weighted by atomic mass is 32.2. The lowest BCUT2D eigenvalue weighted by atomic mass is 9.92. The molecule has 4 atom stereocenters. The number of aliphatic hydroxyl groups excluding tert-OH is 1. The topological polar surface area (TPSA) is 124 Å². The molecule has 0 aromatic carbocycles. The fourth-order valence-electron chi connectivity index (χ4n) is 3.16. The van der Waals surface area contributed by atoms with Gasteiger partial charge in [0.15, 0.2) is 5.70 Å². The van der Waals surface area contributed by atoms with Crippen molar-refractivity contribution in [1.29, 1.82) is 0 Å². The Bertz CT molecular complexity index is 624. The van der Waals surface area contributed by atoms with E-state index in [0.29, 0.717) is 17.3 Å². The van der Waals surface area contributed by atoms with Crippen LogP contribution in [0.1, 0.15) is 13.3 Å². The van der Waals surface area contributed by atoms with E-state index in [1.807, 2.05) is 0 Å². The van der Waals surface area contributed by atoms with Crippen molar-refractivity contribution >= 4 is 41.3 Å². The molecular formula is C14H19N3O5S2. The summed E-state index contributed by atoms with van der Waals surface area (Å²) in [6.07, 6.45) is -0.0546. The molecule has 2 fully saturated rings. The number of aliphatic carboxylic acids is 1. The van der Waals surface area contributed by atoms with Crippen molar-refractivity contribution in [1.82, 2.24) is 9.80 Å². The second-order valence-electron chi connectivity index (χ2n) is 6.00. The number of carboxylic acid groups (broad SMARTS) is 1. The third-order valence-corrected chi connectivity index (χ3v) is 7.27. The van der Waals surface area contributed by atoms with Crippen LogP contribution in [0, 0.1) is 5.92 Å². The first kappa shape index (κ1) is 17.6. The van der Waals surface area contributed by atoms with Gasteiger partial charge in [-0.15, -0.1) is 11.8 Å². The van der Waals surface area contributed by atoms with Crippen molar-refractivity contribution in [3.8, 4) is 0 Å². The third-order valence-electron chi connectivity index (χ3n) is 4.41. The maximum atomic E-state index is 12.1. The Labute approximate surface area is 147 Å². The minimum absolute atomic E-state index is 0.000464. The predicted molar refractivity (Wildman–Crippen MR) is 89.7 cm³/mol. The first-order chi connectivity index (χ1) is 11.3. The molecule has 3 unspecified atom stereocenters. The largest absolute Gasteiger partial charge is 0.477 e. The van der Waals surface area contributed by atoms with Crippen LogP contribution in [0.15, 0.2) is 9.93 Å². The van der Waals surface area contributed by atoms with Crippen molar-refractivity contribution in [2.24, 2.45) is 11.7 Å². The number of β-lactam (4-membered cyclic amide) rings is 1. The molecule has 132 valence electrons. The Balaban J connectivity index is 1.73. The highest BCUT2D eigenvalue weighted by molar-refractivity contribution is 8.23. The highest BCUT2D eigenvalue weighted by Gasteiger charge is 2.58. The van der Waals surface area contributed by atoms with Crippen molar-refractivity contribution < 1.29 is 24.6 Å². The van der Waals surface area contributed by atoms with Gasteiger partial charge in [-0.2, -0.15) is 0 Å². The van der Waals surface area contributed by atoms with Gasteiger partial charge in [0.1, 0.15) is 5.37 Å². The van der Waals surface area contributed by atoms with Gasteiger partial charge in [0.05, 0.1) is 22.8 Å². The standard InChI is InChI=1S/C14H19N3O5S2/c1-6(18)9-11(20)17-10(13(21)22)14(24-12(9)17)23-7-2-3-16(5-7)8(19)4-15/h6-7,9,12,18H,2-5,15H2,1H3,(H,21,22)/t6?,7?,9?,12-/m1/s1. The number of thioether (sulfide) groups is 2. The normalized spacial score (nSPS) is 30.5. The number of hydrogen-bond donors (Lipinski definition) is 3. The quantitative estimate of drug-likeness (QED) is 0.548. The summed E-state index contributed by atoms with van der Waals surface area (Å²) >= 11 is 2.72. The maximum absolute atomic E-state index is 12.1. The number of amides is 2. The molecule has 24 heavy (non-hydrogen) atoms. The summed E-state index contributed by atoms with van der Waals surface area (Å²) in [7, 11) is 0. The van der Waals surface area contributed by atoms with Crippen LogP contribution in [0.4, 0.5) is 0 Å². The van der Waals surface area contributed by atoms with E-state index in [9.17, 15) is 24.6 Å². The van der Waals surface area contributed by atoms with Crippen LogP contribution in [0.3, 0.4) is 0 Å². The van der Waals surface area contributed by atoms with E-state index >= 15 is 0 Å². The third kappa shape index (κ3) is 2.81. The Morgan fingerprint density at radius 2 is 2.21 bits per heavy atom. The predicted octanol–water partition coefficient (Wildman–Crippen LogP) is -0.555. The molecule has 0 saturated carbocycles. The summed E-state index contributed by atoms with van der Waals surface area (Å²) in [4.78, 5) is 38.3. The van der Waals surface area contributed by atoms with E-state index in [-0.39, 0.29) is 34.7 Å². The summed E-state index contributed by atoms with van der Waals surface area (Å²) in [6, 6.07) is 0. The average molecular weight is 373 g/mol. The molecule has 4 N–H and O–H groups in total. The molecule has 2 saturated heterocycles. The van der Waals surface area contributed by atoms with Crippen LogP contribution in [-0.4, -0.2) is 74.2 Å². The van der Waals surface area contributed by atoms with Crippen molar-refractivity contribution in [2.75, 3.05) is 19.6 Å². The molecule has 3 rings (SSSR count). The number of likely N-dealkylation sites (tertiary alicyclic amines) is 1. The van der Waals surface area contributed by atoms with Gasteiger partial charge in [-0.1, -0.05) is 11.8 Å². The zero-order chi connectivity index (χ0) is 17.6. The molecule has 3 aliphatic rings. The van der Waals surface area contributed by atoms with E-state index in [2.05, 4.69) is 0 Å². The van der Waals surface area contributed by atoms with Crippen molar-refractivity contribution in [2.45, 2.75) is 30.1 Å². The van der Waals surface area contributed by atoms with E-state index in [0.717, 1.165) is 6.42 Å². The van der Waals surface area contributed by atoms with Gasteiger partial charge in [0, 0.05) is 18.3 Å². The maximum Gasteiger partial charge on any atom is 0.354 e. The number of rotatable bonds is 5. The van der Waals surface area contributed by atoms with Gasteiger partial charge in [-0.3, -0.25) is 14.5 Å². The molecule has 0 aromatic heterocycles. The molecule has 2 amide bonds. The summed E-state index contributed by atoms with van der Waals surface area (Å²) in [5, 5.41) is 18.9. The van der Waals surface area contributed by atoms with Crippen molar-refractivity contribution in [3.05, 3.63) is 9.93 Å². The van der Waals surface area contributed by atoms with Gasteiger partial charge in [-0.25, -0.2) is 4.79 Å². The first-order valence-electron chi connectivity index (χ1n) is 7.65. The number of carboxylic acids is 1. The molecular weight excluding hydrogens is 354 g/mol. The molecule has 10 heteroatoms. The van der Waals surface area contributed by atoms with Gasteiger partial charge >= 0.3 is 5.97 Å². The number of hydrogen-bond acceptors (Lipinski definition) is 7. The molecule has 0 radical (unpaired) electrons. The van der Waals surface area contributed by atoms with Crippen LogP contribution in [0.5, 0.6) is 0 Å². The molecule has 0 aromatic rings. The smallest absolute Gasteiger partial charge is 0.354 e. The Hall–Kier alpha value is -1.23. The lowest BCUT2D eigenvalue weighted by molar-refractivity contribution is -0.156. The van der Waals surface area contributed by atoms with Crippen LogP contribution in [-0.2, 0) is 14.4 Å². The van der Waals surface area contributed by atoms with Gasteiger partial charge in [0.2, 0.25) is 11.8 Å². The molecule has 0 aliphatic carbocycles. The first-order valence-corrected chi connectivity index (χ1v) is 9.41. The molecule has 8 nitrogen and oxygen atoms in total. The summed E-state index contributed by atoms with van der Waals surface area (Å²) < 4.78 is 0.580. The van der Waals surface area contributed by atoms with E-state index in [1.165, 1.54) is 28.4 Å². The lowest BCUT2D eigenvalue weighted by Gasteiger charge is -2.43. The number of aliphatic hydroxyl groups is 1. The van der Waals surface area contributed by atoms with Gasteiger partial charge < -0.3 is 20.8 Å². The van der Waals surface area contributed by atoms with Gasteiger partial charge in [-0.05, 0) is 13.3 Å².